The Hall–Kier alpha value is -2.57. The van der Waals surface area contributed by atoms with Gasteiger partial charge >= 0.3 is 5.69 Å². The number of hydrogen-bond acceptors (Lipinski definition) is 3. The Kier molecular flexibility index (Phi) is 3.89. The molecule has 1 aromatic carbocycles. The normalized spacial score (nSPS) is 31.7. The summed E-state index contributed by atoms with van der Waals surface area (Å²) < 4.78 is 0. The summed E-state index contributed by atoms with van der Waals surface area (Å²) in [4.78, 5) is 42.4. The lowest BCUT2D eigenvalue weighted by atomic mass is 9.49. The van der Waals surface area contributed by atoms with Gasteiger partial charge in [0.2, 0.25) is 11.8 Å². The van der Waals surface area contributed by atoms with Crippen molar-refractivity contribution in [1.82, 2.24) is 15.3 Å². The number of nitrogens with one attached hydrogen (secondary N) is 4. The van der Waals surface area contributed by atoms with Gasteiger partial charge in [-0.15, -0.1) is 0 Å². The highest BCUT2D eigenvalue weighted by Gasteiger charge is 2.54. The SMILES string of the molecule is C[C@@H](NC(=O)C12CC3CC(CC(C3)C1)C2)C(=O)Nc1ccc2[nH]c(=O)[nH]c2c1. The summed E-state index contributed by atoms with van der Waals surface area (Å²) in [5, 5.41) is 5.82. The molecule has 0 unspecified atom stereocenters. The predicted octanol–water partition coefficient (Wildman–Crippen LogP) is 2.52. The molecule has 28 heavy (non-hydrogen) atoms. The van der Waals surface area contributed by atoms with E-state index in [0.29, 0.717) is 34.5 Å². The summed E-state index contributed by atoms with van der Waals surface area (Å²) in [6.07, 6.45) is 6.80. The van der Waals surface area contributed by atoms with Crippen LogP contribution in [0.15, 0.2) is 23.0 Å². The summed E-state index contributed by atoms with van der Waals surface area (Å²) in [5.74, 6) is 1.87. The third-order valence-electron chi connectivity index (χ3n) is 7.04. The van der Waals surface area contributed by atoms with Crippen molar-refractivity contribution in [3.63, 3.8) is 0 Å². The summed E-state index contributed by atoms with van der Waals surface area (Å²) in [7, 11) is 0. The molecule has 1 heterocycles. The van der Waals surface area contributed by atoms with Crippen LogP contribution in [-0.4, -0.2) is 27.8 Å². The van der Waals surface area contributed by atoms with E-state index in [0.717, 1.165) is 19.3 Å². The van der Waals surface area contributed by atoms with Crippen LogP contribution in [0.4, 0.5) is 5.69 Å². The van der Waals surface area contributed by atoms with Crippen molar-refractivity contribution in [3.05, 3.63) is 28.7 Å². The Bertz CT molecular complexity index is 969. The first-order valence-electron chi connectivity index (χ1n) is 10.2. The summed E-state index contributed by atoms with van der Waals surface area (Å²) >= 11 is 0. The van der Waals surface area contributed by atoms with Gasteiger partial charge < -0.3 is 20.6 Å². The first kappa shape index (κ1) is 17.5. The van der Waals surface area contributed by atoms with Crippen LogP contribution in [0.25, 0.3) is 11.0 Å². The zero-order chi connectivity index (χ0) is 19.5. The predicted molar refractivity (Wildman–Crippen MR) is 106 cm³/mol. The van der Waals surface area contributed by atoms with Crippen molar-refractivity contribution in [2.24, 2.45) is 23.2 Å². The van der Waals surface area contributed by atoms with Gasteiger partial charge in [0.15, 0.2) is 0 Å². The molecule has 2 amide bonds. The molecular weight excluding hydrogens is 356 g/mol. The Balaban J connectivity index is 1.25. The van der Waals surface area contributed by atoms with Crippen LogP contribution in [0, 0.1) is 23.2 Å². The number of rotatable bonds is 4. The first-order chi connectivity index (χ1) is 13.4. The highest BCUT2D eigenvalue weighted by Crippen LogP contribution is 2.60. The topological polar surface area (TPSA) is 107 Å². The number of H-pyrrole nitrogens is 2. The highest BCUT2D eigenvalue weighted by molar-refractivity contribution is 5.98. The van der Waals surface area contributed by atoms with E-state index in [1.807, 2.05) is 0 Å². The molecule has 0 aliphatic heterocycles. The number of imidazole rings is 1. The van der Waals surface area contributed by atoms with Gasteiger partial charge in [0.25, 0.3) is 0 Å². The molecule has 0 radical (unpaired) electrons. The monoisotopic (exact) mass is 382 g/mol. The number of anilines is 1. The lowest BCUT2D eigenvalue weighted by Gasteiger charge is -2.55. The van der Waals surface area contributed by atoms with E-state index in [9.17, 15) is 14.4 Å². The second-order valence-corrected chi connectivity index (χ2v) is 9.22. The van der Waals surface area contributed by atoms with Gasteiger partial charge in [0.1, 0.15) is 6.04 Å². The van der Waals surface area contributed by atoms with Gasteiger partial charge in [-0.1, -0.05) is 0 Å². The van der Waals surface area contributed by atoms with E-state index >= 15 is 0 Å². The van der Waals surface area contributed by atoms with Gasteiger partial charge in [-0.3, -0.25) is 9.59 Å². The van der Waals surface area contributed by atoms with Crippen molar-refractivity contribution >= 4 is 28.5 Å². The second-order valence-electron chi connectivity index (χ2n) is 9.22. The average Bonchev–Trinajstić information content (AvgIpc) is 2.99. The number of aromatic amines is 2. The Morgan fingerprint density at radius 1 is 1.04 bits per heavy atom. The molecule has 4 N–H and O–H groups in total. The maximum Gasteiger partial charge on any atom is 0.323 e. The van der Waals surface area contributed by atoms with Crippen LogP contribution in [0.5, 0.6) is 0 Å². The standard InChI is InChI=1S/C21H26N4O3/c1-11(18(26)23-15-2-3-16-17(7-15)25-20(28)24-16)22-19(27)21-8-12-4-13(9-21)6-14(5-12)10-21/h2-3,7,11-14H,4-6,8-10H2,1H3,(H,22,27)(H,23,26)(H2,24,25,28)/t11-,12?,13?,14?,21?/m1/s1. The van der Waals surface area contributed by atoms with Crippen LogP contribution in [-0.2, 0) is 9.59 Å². The zero-order valence-corrected chi connectivity index (χ0v) is 16.0. The van der Waals surface area contributed by atoms with Crippen LogP contribution >= 0.6 is 0 Å². The van der Waals surface area contributed by atoms with Gasteiger partial charge in [0.05, 0.1) is 11.0 Å². The van der Waals surface area contributed by atoms with Crippen molar-refractivity contribution in [2.45, 2.75) is 51.5 Å². The fourth-order valence-corrected chi connectivity index (χ4v) is 6.16. The Labute approximate surface area is 162 Å². The van der Waals surface area contributed by atoms with Crippen molar-refractivity contribution in [3.8, 4) is 0 Å². The second kappa shape index (κ2) is 6.22. The molecule has 4 aliphatic rings. The number of hydrogen-bond donors (Lipinski definition) is 4. The van der Waals surface area contributed by atoms with E-state index in [-0.39, 0.29) is 22.9 Å². The highest BCUT2D eigenvalue weighted by atomic mass is 16.2. The van der Waals surface area contributed by atoms with Gasteiger partial charge in [0, 0.05) is 11.1 Å². The third kappa shape index (κ3) is 2.93. The molecule has 6 rings (SSSR count). The van der Waals surface area contributed by atoms with E-state index in [4.69, 9.17) is 0 Å². The van der Waals surface area contributed by atoms with Gasteiger partial charge in [-0.2, -0.15) is 0 Å². The molecule has 4 bridgehead atoms. The molecule has 0 spiro atoms. The molecule has 2 aromatic rings. The molecule has 0 saturated heterocycles. The number of amides is 2. The van der Waals surface area contributed by atoms with E-state index in [1.165, 1.54) is 19.3 Å². The molecule has 4 saturated carbocycles. The summed E-state index contributed by atoms with van der Waals surface area (Å²) in [6, 6.07) is 4.57. The lowest BCUT2D eigenvalue weighted by Crippen LogP contribution is -2.56. The lowest BCUT2D eigenvalue weighted by molar-refractivity contribution is -0.147. The molecular formula is C21H26N4O3. The maximum atomic E-state index is 13.1. The van der Waals surface area contributed by atoms with Gasteiger partial charge in [-0.05, 0) is 81.4 Å². The summed E-state index contributed by atoms with van der Waals surface area (Å²) in [6.45, 7) is 1.73. The molecule has 1 aromatic heterocycles. The molecule has 4 aliphatic carbocycles. The third-order valence-corrected chi connectivity index (χ3v) is 7.04. The minimum absolute atomic E-state index is 0.0552. The Morgan fingerprint density at radius 2 is 1.64 bits per heavy atom. The zero-order valence-electron chi connectivity index (χ0n) is 16.0. The molecule has 4 fully saturated rings. The largest absolute Gasteiger partial charge is 0.344 e. The first-order valence-corrected chi connectivity index (χ1v) is 10.2. The van der Waals surface area contributed by atoms with Crippen LogP contribution in [0.3, 0.4) is 0 Å². The number of fused-ring (bicyclic) bond motifs is 1. The minimum Gasteiger partial charge on any atom is -0.344 e. The van der Waals surface area contributed by atoms with Crippen LogP contribution in [0.1, 0.15) is 45.4 Å². The average molecular weight is 382 g/mol. The minimum atomic E-state index is -0.610. The fourth-order valence-electron chi connectivity index (χ4n) is 6.16. The van der Waals surface area contributed by atoms with Gasteiger partial charge in [-0.25, -0.2) is 4.79 Å². The summed E-state index contributed by atoms with van der Waals surface area (Å²) in [5.41, 5.74) is 1.37. The number of carbonyl (C=O) groups is 2. The van der Waals surface area contributed by atoms with Crippen LogP contribution in [0.2, 0.25) is 0 Å². The maximum absolute atomic E-state index is 13.1. The number of benzene rings is 1. The molecule has 7 nitrogen and oxygen atoms in total. The van der Waals surface area contributed by atoms with E-state index in [2.05, 4.69) is 20.6 Å². The Morgan fingerprint density at radius 3 is 2.29 bits per heavy atom. The fraction of sp³-hybridized carbons (Fsp3) is 0.571. The number of carbonyl (C=O) groups excluding carboxylic acids is 2. The molecule has 1 atom stereocenters. The molecule has 148 valence electrons. The van der Waals surface area contributed by atoms with E-state index in [1.54, 1.807) is 25.1 Å². The van der Waals surface area contributed by atoms with Crippen molar-refractivity contribution in [2.75, 3.05) is 5.32 Å². The molecule has 7 heteroatoms. The van der Waals surface area contributed by atoms with Crippen molar-refractivity contribution < 1.29 is 9.59 Å². The van der Waals surface area contributed by atoms with Crippen molar-refractivity contribution in [1.29, 1.82) is 0 Å². The quantitative estimate of drug-likeness (QED) is 0.653. The van der Waals surface area contributed by atoms with Crippen LogP contribution < -0.4 is 16.3 Å². The number of aromatic nitrogens is 2. The van der Waals surface area contributed by atoms with E-state index < -0.39 is 6.04 Å². The smallest absolute Gasteiger partial charge is 0.323 e.